The fraction of sp³-hybridized carbons (Fsp3) is 0.438. The minimum absolute atomic E-state index is 0.0403. The first-order valence-corrected chi connectivity index (χ1v) is 14.7. The van der Waals surface area contributed by atoms with Gasteiger partial charge in [-0.2, -0.15) is 0 Å². The van der Waals surface area contributed by atoms with Crippen molar-refractivity contribution in [3.8, 4) is 17.2 Å². The maximum Gasteiger partial charge on any atom is 0.308 e. The van der Waals surface area contributed by atoms with Crippen LogP contribution in [-0.4, -0.2) is 66.0 Å². The summed E-state index contributed by atoms with van der Waals surface area (Å²) in [5, 5.41) is 10.6. The summed E-state index contributed by atoms with van der Waals surface area (Å²) < 4.78 is 20.2. The molecule has 1 fully saturated rings. The third kappa shape index (κ3) is 6.51. The molecule has 43 heavy (non-hydrogen) atoms. The molecule has 11 heteroatoms. The van der Waals surface area contributed by atoms with Crippen molar-refractivity contribution in [3.63, 3.8) is 0 Å². The van der Waals surface area contributed by atoms with Gasteiger partial charge in [-0.1, -0.05) is 19.4 Å². The number of rotatable bonds is 12. The zero-order valence-electron chi connectivity index (χ0n) is 24.8. The van der Waals surface area contributed by atoms with Crippen LogP contribution in [0.25, 0.3) is 0 Å². The van der Waals surface area contributed by atoms with E-state index in [1.807, 2.05) is 47.1 Å². The van der Waals surface area contributed by atoms with Gasteiger partial charge >= 0.3 is 5.97 Å². The highest BCUT2D eigenvalue weighted by atomic mass is 16.7. The van der Waals surface area contributed by atoms with Crippen molar-refractivity contribution < 1.29 is 33.5 Å². The Morgan fingerprint density at radius 1 is 1.19 bits per heavy atom. The summed E-state index contributed by atoms with van der Waals surface area (Å²) in [6, 6.07) is 11.9. The number of carbonyl (C=O) groups is 2. The van der Waals surface area contributed by atoms with Crippen molar-refractivity contribution >= 4 is 17.6 Å². The van der Waals surface area contributed by atoms with E-state index >= 15 is 0 Å². The Morgan fingerprint density at radius 2 is 2.02 bits per heavy atom. The first-order chi connectivity index (χ1) is 20.8. The maximum atomic E-state index is 14.0. The van der Waals surface area contributed by atoms with Crippen molar-refractivity contribution in [3.05, 3.63) is 77.0 Å². The van der Waals surface area contributed by atoms with E-state index in [9.17, 15) is 19.5 Å². The summed E-state index contributed by atoms with van der Waals surface area (Å²) in [5.41, 5.74) is 1.37. The van der Waals surface area contributed by atoms with Crippen LogP contribution >= 0.6 is 0 Å². The Bertz CT molecular complexity index is 1520. The number of pyridine rings is 2. The molecule has 0 saturated carbocycles. The molecule has 0 radical (unpaired) electrons. The molecule has 0 spiro atoms. The molecule has 2 aliphatic rings. The van der Waals surface area contributed by atoms with Crippen LogP contribution in [0.1, 0.15) is 37.7 Å². The van der Waals surface area contributed by atoms with Crippen LogP contribution in [0, 0.1) is 5.92 Å². The van der Waals surface area contributed by atoms with Gasteiger partial charge in [-0.25, -0.2) is 4.57 Å². The second-order valence-corrected chi connectivity index (χ2v) is 11.1. The lowest BCUT2D eigenvalue weighted by molar-refractivity contribution is -0.670. The Labute approximate surface area is 250 Å². The fourth-order valence-electron chi connectivity index (χ4n) is 6.18. The van der Waals surface area contributed by atoms with E-state index in [0.29, 0.717) is 43.3 Å². The van der Waals surface area contributed by atoms with E-state index in [1.165, 1.54) is 13.2 Å². The van der Waals surface area contributed by atoms with Crippen molar-refractivity contribution in [2.45, 2.75) is 44.7 Å². The first kappa shape index (κ1) is 30.1. The standard InChI is InChI=1S/C32H38N4O7/c1-4-5-14-36(23-9-8-12-33(2)18-23)29(38)20-35-19-24(22-16-26(41-3)31-27(17-22)42-21-43-31)30(32(39)40)25(35)11-15-34-13-7-6-10-28(34)37/h6-10,12-13,16-18,24-25,30H,4-5,11,14-15,19-21H2,1-3H3/p+1/t24-,25+,30?/m1/s1. The summed E-state index contributed by atoms with van der Waals surface area (Å²) in [5.74, 6) is -0.886. The molecule has 1 saturated heterocycles. The van der Waals surface area contributed by atoms with Crippen molar-refractivity contribution in [1.29, 1.82) is 0 Å². The molecule has 0 aliphatic carbocycles. The van der Waals surface area contributed by atoms with Crippen LogP contribution in [0.2, 0.25) is 0 Å². The monoisotopic (exact) mass is 591 g/mol. The third-order valence-corrected chi connectivity index (χ3v) is 8.32. The summed E-state index contributed by atoms with van der Waals surface area (Å²) >= 11 is 0. The van der Waals surface area contributed by atoms with Crippen LogP contribution in [0.5, 0.6) is 17.2 Å². The van der Waals surface area contributed by atoms with Gasteiger partial charge in [-0.05, 0) is 42.7 Å². The number of aryl methyl sites for hydroxylation is 2. The summed E-state index contributed by atoms with van der Waals surface area (Å²) in [6.07, 6.45) is 7.67. The molecule has 2 aromatic heterocycles. The number of carbonyl (C=O) groups excluding carboxylic acids is 1. The minimum Gasteiger partial charge on any atom is -0.493 e. The van der Waals surface area contributed by atoms with Crippen LogP contribution in [0.3, 0.4) is 0 Å². The molecule has 4 heterocycles. The maximum absolute atomic E-state index is 14.0. The highest BCUT2D eigenvalue weighted by molar-refractivity contribution is 5.94. The average molecular weight is 592 g/mol. The number of benzene rings is 1. The van der Waals surface area contributed by atoms with E-state index in [2.05, 4.69) is 6.92 Å². The van der Waals surface area contributed by atoms with Crippen LogP contribution < -0.4 is 29.2 Å². The van der Waals surface area contributed by atoms with E-state index in [0.717, 1.165) is 24.1 Å². The normalized spacial score (nSPS) is 19.4. The lowest BCUT2D eigenvalue weighted by atomic mass is 9.84. The third-order valence-electron chi connectivity index (χ3n) is 8.32. The highest BCUT2D eigenvalue weighted by Gasteiger charge is 2.47. The largest absolute Gasteiger partial charge is 0.493 e. The molecular formula is C32H39N4O7+. The van der Waals surface area contributed by atoms with Crippen LogP contribution in [0.15, 0.2) is 65.8 Å². The number of carboxylic acid groups (broad SMARTS) is 1. The number of aliphatic carboxylic acids is 1. The summed E-state index contributed by atoms with van der Waals surface area (Å²) in [4.78, 5) is 43.2. The number of methoxy groups -OCH3 is 1. The minimum atomic E-state index is -0.958. The molecule has 3 atom stereocenters. The van der Waals surface area contributed by atoms with Gasteiger partial charge in [0.05, 0.1) is 19.6 Å². The van der Waals surface area contributed by atoms with Crippen molar-refractivity contribution in [2.75, 3.05) is 38.4 Å². The molecule has 2 aliphatic heterocycles. The summed E-state index contributed by atoms with van der Waals surface area (Å²) in [7, 11) is 3.44. The molecule has 3 aromatic rings. The quantitative estimate of drug-likeness (QED) is 0.320. The van der Waals surface area contributed by atoms with E-state index in [4.69, 9.17) is 14.2 Å². The van der Waals surface area contributed by atoms with Gasteiger partial charge in [-0.3, -0.25) is 19.3 Å². The van der Waals surface area contributed by atoms with Gasteiger partial charge < -0.3 is 28.8 Å². The zero-order valence-corrected chi connectivity index (χ0v) is 24.8. The summed E-state index contributed by atoms with van der Waals surface area (Å²) in [6.45, 7) is 3.40. The highest BCUT2D eigenvalue weighted by Crippen LogP contribution is 2.47. The van der Waals surface area contributed by atoms with Gasteiger partial charge in [0, 0.05) is 49.9 Å². The van der Waals surface area contributed by atoms with Gasteiger partial charge in [0.1, 0.15) is 12.7 Å². The van der Waals surface area contributed by atoms with Crippen LogP contribution in [0.4, 0.5) is 5.69 Å². The second-order valence-electron chi connectivity index (χ2n) is 11.1. The Morgan fingerprint density at radius 3 is 2.74 bits per heavy atom. The SMILES string of the molecule is CCCCN(C(=O)CN1C[C@H](c2cc(OC)c3c(c2)OCO3)C(C(=O)O)[C@@H]1CCn1ccccc1=O)c1ccc[n+](C)c1. The number of amides is 1. The number of carboxylic acids is 1. The van der Waals surface area contributed by atoms with E-state index in [1.54, 1.807) is 33.9 Å². The zero-order chi connectivity index (χ0) is 30.5. The average Bonchev–Trinajstić information content (AvgIpc) is 3.61. The number of aromatic nitrogens is 2. The number of unbranched alkanes of at least 4 members (excludes halogenated alkanes) is 1. The number of anilines is 1. The Hall–Kier alpha value is -4.38. The predicted molar refractivity (Wildman–Crippen MR) is 159 cm³/mol. The molecule has 1 N–H and O–H groups in total. The second kappa shape index (κ2) is 13.3. The van der Waals surface area contributed by atoms with Gasteiger partial charge in [0.2, 0.25) is 24.0 Å². The van der Waals surface area contributed by atoms with Gasteiger partial charge in [-0.15, -0.1) is 0 Å². The van der Waals surface area contributed by atoms with Gasteiger partial charge in [0.15, 0.2) is 23.9 Å². The molecule has 1 amide bonds. The molecule has 11 nitrogen and oxygen atoms in total. The lowest BCUT2D eigenvalue weighted by Gasteiger charge is -2.29. The number of ether oxygens (including phenoxy) is 3. The van der Waals surface area contributed by atoms with E-state index in [-0.39, 0.29) is 24.8 Å². The molecule has 5 rings (SSSR count). The molecule has 228 valence electrons. The van der Waals surface area contributed by atoms with Gasteiger partial charge in [0.25, 0.3) is 0 Å². The Kier molecular flexibility index (Phi) is 9.30. The molecule has 1 aromatic carbocycles. The topological polar surface area (TPSA) is 114 Å². The Balaban J connectivity index is 1.49. The fourth-order valence-corrected chi connectivity index (χ4v) is 6.18. The molecule has 0 bridgehead atoms. The molecular weight excluding hydrogens is 552 g/mol. The van der Waals surface area contributed by atoms with Crippen molar-refractivity contribution in [2.24, 2.45) is 13.0 Å². The lowest BCUT2D eigenvalue weighted by Crippen LogP contribution is -2.45. The number of nitrogens with zero attached hydrogens (tertiary/aromatic N) is 4. The number of likely N-dealkylation sites (tertiary alicyclic amines) is 1. The smallest absolute Gasteiger partial charge is 0.308 e. The van der Waals surface area contributed by atoms with Crippen molar-refractivity contribution in [1.82, 2.24) is 9.47 Å². The predicted octanol–water partition coefficient (Wildman–Crippen LogP) is 2.80. The number of hydrogen-bond donors (Lipinski definition) is 1. The molecule has 1 unspecified atom stereocenters. The first-order valence-electron chi connectivity index (χ1n) is 14.7. The number of fused-ring (bicyclic) bond motifs is 1. The number of hydrogen-bond acceptors (Lipinski definition) is 7. The van der Waals surface area contributed by atoms with Crippen LogP contribution in [-0.2, 0) is 23.2 Å². The van der Waals surface area contributed by atoms with E-state index < -0.39 is 23.8 Å².